The van der Waals surface area contributed by atoms with Crippen LogP contribution in [0.5, 0.6) is 17.2 Å². The molecule has 0 saturated carbocycles. The van der Waals surface area contributed by atoms with E-state index in [1.54, 1.807) is 16.9 Å². The maximum absolute atomic E-state index is 6.58. The molecule has 0 saturated heterocycles. The first-order valence-corrected chi connectivity index (χ1v) is 11.2. The molecular weight excluding hydrogens is 395 g/mol. The molecule has 4 aromatic rings. The second-order valence-electron chi connectivity index (χ2n) is 6.98. The Kier molecular flexibility index (Phi) is 5.73. The van der Waals surface area contributed by atoms with Crippen molar-refractivity contribution in [1.29, 1.82) is 0 Å². The molecule has 0 N–H and O–H groups in total. The summed E-state index contributed by atoms with van der Waals surface area (Å²) < 4.78 is 21.5. The highest BCUT2D eigenvalue weighted by atomic mass is 31.2. The Morgan fingerprint density at radius 3 is 1.37 bits per heavy atom. The molecule has 1 aromatic heterocycles. The minimum Gasteiger partial charge on any atom is -0.252 e. The van der Waals surface area contributed by atoms with E-state index < -0.39 is 8.09 Å². The molecule has 0 amide bonds. The van der Waals surface area contributed by atoms with Crippen LogP contribution in [0.4, 0.5) is 0 Å². The third-order valence-corrected chi connectivity index (χ3v) is 6.78. The van der Waals surface area contributed by atoms with Crippen LogP contribution < -0.4 is 13.6 Å². The SMILES string of the molecule is Cc1ccccc1O[P+](Oc1ccccc1C)(Oc1ccccc1C)n1ccnc1. The van der Waals surface area contributed by atoms with E-state index in [1.165, 1.54) is 0 Å². The second kappa shape index (κ2) is 8.60. The number of benzene rings is 3. The first-order chi connectivity index (χ1) is 14.6. The highest BCUT2D eigenvalue weighted by Gasteiger charge is 2.55. The standard InChI is InChI=1S/C24H24N2O3P/c1-19-10-4-7-13-22(19)27-30(26-17-16-25-18-26,28-23-14-8-5-11-20(23)2)29-24-15-9-6-12-21(24)3/h4-18H,1-3H3/q+1. The van der Waals surface area contributed by atoms with Crippen molar-refractivity contribution >= 4 is 8.09 Å². The molecule has 5 nitrogen and oxygen atoms in total. The lowest BCUT2D eigenvalue weighted by atomic mass is 10.2. The average Bonchev–Trinajstić information content (AvgIpc) is 3.29. The zero-order valence-corrected chi connectivity index (χ0v) is 18.1. The number of hydrogen-bond donors (Lipinski definition) is 0. The van der Waals surface area contributed by atoms with Gasteiger partial charge in [0, 0.05) is 6.20 Å². The van der Waals surface area contributed by atoms with Gasteiger partial charge in [-0.1, -0.05) is 54.6 Å². The van der Waals surface area contributed by atoms with Crippen molar-refractivity contribution in [2.75, 3.05) is 0 Å². The molecule has 152 valence electrons. The normalized spacial score (nSPS) is 11.2. The molecule has 4 rings (SSSR count). The Hall–Kier alpha value is -3.30. The van der Waals surface area contributed by atoms with E-state index in [1.807, 2.05) is 99.8 Å². The molecule has 0 fully saturated rings. The second-order valence-corrected chi connectivity index (χ2v) is 8.93. The monoisotopic (exact) mass is 419 g/mol. The minimum atomic E-state index is -3.19. The van der Waals surface area contributed by atoms with E-state index in [-0.39, 0.29) is 0 Å². The first kappa shape index (κ1) is 20.0. The number of aryl methyl sites for hydroxylation is 3. The lowest BCUT2D eigenvalue weighted by molar-refractivity contribution is 0.339. The highest BCUT2D eigenvalue weighted by molar-refractivity contribution is 7.61. The summed E-state index contributed by atoms with van der Waals surface area (Å²) in [6.07, 6.45) is 5.17. The zero-order chi connectivity index (χ0) is 21.0. The van der Waals surface area contributed by atoms with Gasteiger partial charge in [0.25, 0.3) is 0 Å². The molecule has 30 heavy (non-hydrogen) atoms. The number of hydrogen-bond acceptors (Lipinski definition) is 4. The fourth-order valence-corrected chi connectivity index (χ4v) is 5.11. The summed E-state index contributed by atoms with van der Waals surface area (Å²) in [6.45, 7) is 6.00. The van der Waals surface area contributed by atoms with Crippen LogP contribution in [-0.2, 0) is 0 Å². The average molecular weight is 419 g/mol. The maximum atomic E-state index is 6.58. The van der Waals surface area contributed by atoms with Crippen molar-refractivity contribution in [3.63, 3.8) is 0 Å². The highest BCUT2D eigenvalue weighted by Crippen LogP contribution is 2.62. The fourth-order valence-electron chi connectivity index (χ4n) is 2.94. The summed E-state index contributed by atoms with van der Waals surface area (Å²) in [5, 5.41) is 0. The van der Waals surface area contributed by atoms with Gasteiger partial charge in [-0.05, 0) is 55.7 Å². The van der Waals surface area contributed by atoms with Crippen LogP contribution >= 0.6 is 8.09 Å². The van der Waals surface area contributed by atoms with E-state index in [2.05, 4.69) is 4.98 Å². The summed E-state index contributed by atoms with van der Waals surface area (Å²) >= 11 is 0. The van der Waals surface area contributed by atoms with E-state index in [4.69, 9.17) is 13.6 Å². The smallest absolute Gasteiger partial charge is 0.252 e. The molecule has 0 radical (unpaired) electrons. The van der Waals surface area contributed by atoms with Crippen LogP contribution in [0.25, 0.3) is 0 Å². The van der Waals surface area contributed by atoms with Crippen molar-refractivity contribution in [3.8, 4) is 17.2 Å². The Morgan fingerprint density at radius 1 is 0.633 bits per heavy atom. The summed E-state index contributed by atoms with van der Waals surface area (Å²) in [5.41, 5.74) is 2.97. The van der Waals surface area contributed by atoms with Gasteiger partial charge in [-0.2, -0.15) is 0 Å². The topological polar surface area (TPSA) is 45.5 Å². The van der Waals surface area contributed by atoms with Gasteiger partial charge >= 0.3 is 8.09 Å². The van der Waals surface area contributed by atoms with Gasteiger partial charge in [-0.25, -0.2) is 4.98 Å². The van der Waals surface area contributed by atoms with Gasteiger partial charge in [0.2, 0.25) is 0 Å². The largest absolute Gasteiger partial charge is 0.674 e. The molecular formula is C24H24N2O3P+. The van der Waals surface area contributed by atoms with Gasteiger partial charge in [0.05, 0.1) is 6.20 Å². The summed E-state index contributed by atoms with van der Waals surface area (Å²) in [6, 6.07) is 23.5. The van der Waals surface area contributed by atoms with Crippen molar-refractivity contribution < 1.29 is 13.6 Å². The van der Waals surface area contributed by atoms with Gasteiger partial charge in [-0.3, -0.25) is 13.6 Å². The quantitative estimate of drug-likeness (QED) is 0.318. The summed E-state index contributed by atoms with van der Waals surface area (Å²) in [4.78, 5) is 4.23. The van der Waals surface area contributed by atoms with E-state index in [0.717, 1.165) is 16.7 Å². The van der Waals surface area contributed by atoms with Gasteiger partial charge in [0.1, 0.15) is 6.33 Å². The lowest BCUT2D eigenvalue weighted by Gasteiger charge is -2.23. The number of rotatable bonds is 7. The van der Waals surface area contributed by atoms with Crippen LogP contribution in [-0.4, -0.2) is 9.32 Å². The summed E-state index contributed by atoms with van der Waals surface area (Å²) in [5.74, 6) is 2.09. The maximum Gasteiger partial charge on any atom is 0.674 e. The summed E-state index contributed by atoms with van der Waals surface area (Å²) in [7, 11) is -3.19. The third kappa shape index (κ3) is 4.17. The number of para-hydroxylation sites is 3. The van der Waals surface area contributed by atoms with Gasteiger partial charge in [-0.15, -0.1) is 4.34 Å². The Bertz CT molecular complexity index is 1010. The Morgan fingerprint density at radius 2 is 1.03 bits per heavy atom. The molecule has 0 atom stereocenters. The van der Waals surface area contributed by atoms with Crippen LogP contribution in [0, 0.1) is 20.8 Å². The zero-order valence-electron chi connectivity index (χ0n) is 17.2. The predicted molar refractivity (Wildman–Crippen MR) is 120 cm³/mol. The lowest BCUT2D eigenvalue weighted by Crippen LogP contribution is -2.22. The van der Waals surface area contributed by atoms with Gasteiger partial charge < -0.3 is 0 Å². The van der Waals surface area contributed by atoms with Crippen LogP contribution in [0.2, 0.25) is 0 Å². The predicted octanol–water partition coefficient (Wildman–Crippen LogP) is 6.57. The Labute approximate surface area is 177 Å². The molecule has 3 aromatic carbocycles. The Balaban J connectivity index is 1.87. The number of aromatic nitrogens is 2. The number of imidazole rings is 1. The van der Waals surface area contributed by atoms with E-state index in [9.17, 15) is 0 Å². The molecule has 1 heterocycles. The van der Waals surface area contributed by atoms with Crippen molar-refractivity contribution in [2.45, 2.75) is 20.8 Å². The third-order valence-electron chi connectivity index (χ3n) is 4.70. The van der Waals surface area contributed by atoms with Crippen molar-refractivity contribution in [2.24, 2.45) is 0 Å². The van der Waals surface area contributed by atoms with Crippen LogP contribution in [0.3, 0.4) is 0 Å². The molecule has 0 aliphatic carbocycles. The van der Waals surface area contributed by atoms with E-state index in [0.29, 0.717) is 17.2 Å². The minimum absolute atomic E-state index is 0.696. The van der Waals surface area contributed by atoms with Crippen LogP contribution in [0.15, 0.2) is 91.5 Å². The molecule has 6 heteroatoms. The molecule has 0 bridgehead atoms. The van der Waals surface area contributed by atoms with Gasteiger partial charge in [0.15, 0.2) is 17.2 Å². The van der Waals surface area contributed by atoms with E-state index >= 15 is 0 Å². The van der Waals surface area contributed by atoms with Crippen molar-refractivity contribution in [1.82, 2.24) is 9.32 Å². The molecule has 0 unspecified atom stereocenters. The van der Waals surface area contributed by atoms with Crippen LogP contribution in [0.1, 0.15) is 16.7 Å². The molecule has 0 aliphatic heterocycles. The first-order valence-electron chi connectivity index (χ1n) is 9.71. The molecule has 0 spiro atoms. The number of nitrogens with zero attached hydrogens (tertiary/aromatic N) is 2. The fraction of sp³-hybridized carbons (Fsp3) is 0.125. The molecule has 0 aliphatic rings. The van der Waals surface area contributed by atoms with Crippen molar-refractivity contribution in [3.05, 3.63) is 108 Å².